The zero-order valence-corrected chi connectivity index (χ0v) is 18.9. The minimum Gasteiger partial charge on any atom is -0.493 e. The summed E-state index contributed by atoms with van der Waals surface area (Å²) in [6.45, 7) is -0.225. The van der Waals surface area contributed by atoms with E-state index in [0.29, 0.717) is 17.2 Å². The number of nitrogens with one attached hydrogen (secondary N) is 3. The molecule has 0 aliphatic heterocycles. The molecular formula is C24H23N3O5S. The van der Waals surface area contributed by atoms with Gasteiger partial charge in [0, 0.05) is 11.5 Å². The highest BCUT2D eigenvalue weighted by Crippen LogP contribution is 2.28. The molecule has 170 valence electrons. The Morgan fingerprint density at radius 1 is 0.909 bits per heavy atom. The van der Waals surface area contributed by atoms with Gasteiger partial charge in [0.25, 0.3) is 5.91 Å². The number of hydrogen-bond acceptors (Lipinski definition) is 6. The van der Waals surface area contributed by atoms with E-state index >= 15 is 0 Å². The molecule has 2 amide bonds. The second-order valence-electron chi connectivity index (χ2n) is 6.71. The summed E-state index contributed by atoms with van der Waals surface area (Å²) >= 11 is 5.02. The Morgan fingerprint density at radius 2 is 1.67 bits per heavy atom. The van der Waals surface area contributed by atoms with E-state index in [2.05, 4.69) is 16.2 Å². The van der Waals surface area contributed by atoms with Crippen LogP contribution in [-0.2, 0) is 9.59 Å². The molecule has 0 unspecified atom stereocenters. The molecule has 0 saturated carbocycles. The summed E-state index contributed by atoms with van der Waals surface area (Å²) < 4.78 is 16.0. The van der Waals surface area contributed by atoms with Crippen LogP contribution in [0.2, 0.25) is 0 Å². The number of carbonyl (C=O) groups excluding carboxylic acids is 2. The molecule has 0 aliphatic carbocycles. The van der Waals surface area contributed by atoms with Gasteiger partial charge in [-0.1, -0.05) is 42.5 Å². The van der Waals surface area contributed by atoms with Gasteiger partial charge in [0.15, 0.2) is 23.2 Å². The fourth-order valence-electron chi connectivity index (χ4n) is 2.94. The van der Waals surface area contributed by atoms with Crippen LogP contribution in [0.4, 0.5) is 0 Å². The first kappa shape index (κ1) is 23.6. The maximum Gasteiger partial charge on any atom is 0.276 e. The SMILES string of the molecule is COc1ccc(/C=C/C(=O)NC(=S)NNC(=O)COc2cccc3ccccc23)cc1OC. The topological polar surface area (TPSA) is 97.9 Å². The summed E-state index contributed by atoms with van der Waals surface area (Å²) in [5.41, 5.74) is 5.59. The van der Waals surface area contributed by atoms with Crippen molar-refractivity contribution >= 4 is 46.0 Å². The second-order valence-corrected chi connectivity index (χ2v) is 7.11. The lowest BCUT2D eigenvalue weighted by molar-refractivity contribution is -0.123. The van der Waals surface area contributed by atoms with E-state index in [-0.39, 0.29) is 11.7 Å². The maximum atomic E-state index is 12.1. The third-order valence-corrected chi connectivity index (χ3v) is 4.70. The molecule has 9 heteroatoms. The fraction of sp³-hybridized carbons (Fsp3) is 0.125. The minimum absolute atomic E-state index is 0.0597. The van der Waals surface area contributed by atoms with Gasteiger partial charge >= 0.3 is 0 Å². The van der Waals surface area contributed by atoms with E-state index in [1.165, 1.54) is 13.2 Å². The smallest absolute Gasteiger partial charge is 0.276 e. The van der Waals surface area contributed by atoms with Crippen LogP contribution in [0.5, 0.6) is 17.2 Å². The van der Waals surface area contributed by atoms with Crippen LogP contribution in [0.15, 0.2) is 66.7 Å². The lowest BCUT2D eigenvalue weighted by atomic mass is 10.1. The van der Waals surface area contributed by atoms with E-state index in [4.69, 9.17) is 26.4 Å². The largest absolute Gasteiger partial charge is 0.493 e. The molecule has 0 bridgehead atoms. The summed E-state index contributed by atoms with van der Waals surface area (Å²) in [6.07, 6.45) is 2.90. The minimum atomic E-state index is -0.469. The summed E-state index contributed by atoms with van der Waals surface area (Å²) in [5.74, 6) is 0.804. The van der Waals surface area contributed by atoms with Crippen LogP contribution in [0.3, 0.4) is 0 Å². The number of fused-ring (bicyclic) bond motifs is 1. The van der Waals surface area contributed by atoms with Crippen molar-refractivity contribution in [2.45, 2.75) is 0 Å². The molecule has 8 nitrogen and oxygen atoms in total. The molecular weight excluding hydrogens is 442 g/mol. The fourth-order valence-corrected chi connectivity index (χ4v) is 3.09. The van der Waals surface area contributed by atoms with Crippen molar-refractivity contribution in [2.75, 3.05) is 20.8 Å². The number of rotatable bonds is 7. The summed E-state index contributed by atoms with van der Waals surface area (Å²) in [5, 5.41) is 4.30. The molecule has 0 fully saturated rings. The van der Waals surface area contributed by atoms with Crippen LogP contribution in [0.25, 0.3) is 16.8 Å². The highest BCUT2D eigenvalue weighted by molar-refractivity contribution is 7.80. The van der Waals surface area contributed by atoms with Gasteiger partial charge in [0.2, 0.25) is 5.91 Å². The first-order valence-corrected chi connectivity index (χ1v) is 10.3. The highest BCUT2D eigenvalue weighted by atomic mass is 32.1. The molecule has 3 rings (SSSR count). The van der Waals surface area contributed by atoms with Crippen molar-refractivity contribution in [1.29, 1.82) is 0 Å². The van der Waals surface area contributed by atoms with Crippen LogP contribution in [-0.4, -0.2) is 37.8 Å². The lowest BCUT2D eigenvalue weighted by Gasteiger charge is -2.11. The van der Waals surface area contributed by atoms with Gasteiger partial charge < -0.3 is 14.2 Å². The predicted molar refractivity (Wildman–Crippen MR) is 130 cm³/mol. The molecule has 0 heterocycles. The average molecular weight is 466 g/mol. The van der Waals surface area contributed by atoms with Crippen LogP contribution >= 0.6 is 12.2 Å². The van der Waals surface area contributed by atoms with E-state index in [9.17, 15) is 9.59 Å². The first-order chi connectivity index (χ1) is 16.0. The Balaban J connectivity index is 1.44. The number of hydrogen-bond donors (Lipinski definition) is 3. The lowest BCUT2D eigenvalue weighted by Crippen LogP contribution is -2.49. The number of carbonyl (C=O) groups is 2. The Labute approximate surface area is 196 Å². The number of hydrazine groups is 1. The van der Waals surface area contributed by atoms with Gasteiger partial charge in [0.05, 0.1) is 14.2 Å². The van der Waals surface area contributed by atoms with E-state index in [1.54, 1.807) is 37.5 Å². The maximum absolute atomic E-state index is 12.1. The highest BCUT2D eigenvalue weighted by Gasteiger charge is 2.08. The molecule has 3 N–H and O–H groups in total. The number of amides is 2. The predicted octanol–water partition coefficient (Wildman–Crippen LogP) is 2.97. The number of methoxy groups -OCH3 is 2. The van der Waals surface area contributed by atoms with Crippen molar-refractivity contribution in [3.63, 3.8) is 0 Å². The Hall–Kier alpha value is -4.11. The quantitative estimate of drug-likeness (QED) is 0.280. The third kappa shape index (κ3) is 6.68. The Morgan fingerprint density at radius 3 is 2.45 bits per heavy atom. The second kappa shape index (κ2) is 11.5. The zero-order valence-electron chi connectivity index (χ0n) is 18.1. The molecule has 3 aromatic rings. The number of ether oxygens (including phenoxy) is 3. The van der Waals surface area contributed by atoms with Gasteiger partial charge in [-0.25, -0.2) is 0 Å². The first-order valence-electron chi connectivity index (χ1n) is 9.90. The van der Waals surface area contributed by atoms with E-state index in [1.807, 2.05) is 36.4 Å². The standard InChI is InChI=1S/C24H23N3O5S/c1-30-20-12-10-16(14-21(20)31-2)11-13-22(28)25-24(33)27-26-23(29)15-32-19-9-5-7-17-6-3-4-8-18(17)19/h3-14H,15H2,1-2H3,(H,26,29)(H2,25,27,28,33)/b13-11+. The third-order valence-electron chi connectivity index (χ3n) is 4.50. The molecule has 0 saturated heterocycles. The summed E-state index contributed by atoms with van der Waals surface area (Å²) in [7, 11) is 3.08. The van der Waals surface area contributed by atoms with Crippen molar-refractivity contribution in [1.82, 2.24) is 16.2 Å². The Kier molecular flexibility index (Phi) is 8.20. The zero-order chi connectivity index (χ0) is 23.6. The van der Waals surface area contributed by atoms with Gasteiger partial charge in [-0.15, -0.1) is 0 Å². The summed E-state index contributed by atoms with van der Waals surface area (Å²) in [4.78, 5) is 24.1. The van der Waals surface area contributed by atoms with Gasteiger partial charge in [-0.05, 0) is 47.4 Å². The van der Waals surface area contributed by atoms with Crippen molar-refractivity contribution in [3.05, 3.63) is 72.3 Å². The molecule has 0 spiro atoms. The number of thiocarbonyl (C=S) groups is 1. The molecule has 0 radical (unpaired) electrons. The van der Waals surface area contributed by atoms with Crippen molar-refractivity contribution < 1.29 is 23.8 Å². The molecule has 0 atom stereocenters. The average Bonchev–Trinajstić information content (AvgIpc) is 2.84. The van der Waals surface area contributed by atoms with Crippen molar-refractivity contribution in [3.8, 4) is 17.2 Å². The summed E-state index contributed by atoms with van der Waals surface area (Å²) in [6, 6.07) is 18.6. The van der Waals surface area contributed by atoms with E-state index < -0.39 is 11.8 Å². The van der Waals surface area contributed by atoms with Gasteiger partial charge in [-0.3, -0.25) is 25.8 Å². The van der Waals surface area contributed by atoms with Crippen molar-refractivity contribution in [2.24, 2.45) is 0 Å². The molecule has 3 aromatic carbocycles. The van der Waals surface area contributed by atoms with Gasteiger partial charge in [0.1, 0.15) is 5.75 Å². The number of benzene rings is 3. The Bertz CT molecular complexity index is 1190. The van der Waals surface area contributed by atoms with Crippen LogP contribution < -0.4 is 30.4 Å². The normalized spacial score (nSPS) is 10.5. The molecule has 33 heavy (non-hydrogen) atoms. The molecule has 0 aliphatic rings. The molecule has 0 aromatic heterocycles. The van der Waals surface area contributed by atoms with E-state index in [0.717, 1.165) is 16.3 Å². The monoisotopic (exact) mass is 465 g/mol. The van der Waals surface area contributed by atoms with Crippen LogP contribution in [0.1, 0.15) is 5.56 Å². The van der Waals surface area contributed by atoms with Crippen LogP contribution in [0, 0.1) is 0 Å². The van der Waals surface area contributed by atoms with Gasteiger partial charge in [-0.2, -0.15) is 0 Å².